The zero-order valence-electron chi connectivity index (χ0n) is 32.4. The lowest BCUT2D eigenvalue weighted by molar-refractivity contribution is -0.327. The van der Waals surface area contributed by atoms with Crippen LogP contribution in [0.15, 0.2) is 34.9 Å². The Hall–Kier alpha value is -2.41. The van der Waals surface area contributed by atoms with Gasteiger partial charge in [-0.15, -0.1) is 0 Å². The molecule has 3 rings (SSSR count). The highest BCUT2D eigenvalue weighted by Crippen LogP contribution is 2.52. The van der Waals surface area contributed by atoms with E-state index in [1.165, 1.54) is 19.4 Å². The number of ketones is 1. The Morgan fingerprint density at radius 1 is 0.961 bits per heavy atom. The summed E-state index contributed by atoms with van der Waals surface area (Å²) in [5, 5.41) is 40.9. The van der Waals surface area contributed by atoms with E-state index in [0.29, 0.717) is 38.5 Å². The Balaban J connectivity index is 1.73. The number of hydrogen-bond donors (Lipinski definition) is 4. The number of aliphatic hydroxyl groups excluding tert-OH is 4. The predicted octanol–water partition coefficient (Wildman–Crippen LogP) is 5.27. The van der Waals surface area contributed by atoms with Gasteiger partial charge in [0.15, 0.2) is 6.29 Å². The molecular weight excluding hydrogens is 656 g/mol. The highest BCUT2D eigenvalue weighted by atomic mass is 16.7. The van der Waals surface area contributed by atoms with Crippen molar-refractivity contribution in [3.05, 3.63) is 34.9 Å². The van der Waals surface area contributed by atoms with Gasteiger partial charge in [0.2, 0.25) is 0 Å². The number of allylic oxidation sites excluding steroid dienone is 4. The van der Waals surface area contributed by atoms with Crippen molar-refractivity contribution in [3.8, 4) is 0 Å². The molecule has 2 fully saturated rings. The summed E-state index contributed by atoms with van der Waals surface area (Å²) < 4.78 is 23.6. The van der Waals surface area contributed by atoms with Crippen LogP contribution in [0.3, 0.4) is 0 Å². The Labute approximate surface area is 304 Å². The van der Waals surface area contributed by atoms with Gasteiger partial charge in [-0.1, -0.05) is 56.6 Å². The Kier molecular flexibility index (Phi) is 14.8. The highest BCUT2D eigenvalue weighted by Gasteiger charge is 2.55. The highest BCUT2D eigenvalue weighted by molar-refractivity contribution is 5.87. The van der Waals surface area contributed by atoms with Gasteiger partial charge in [-0.2, -0.15) is 0 Å². The van der Waals surface area contributed by atoms with Crippen molar-refractivity contribution in [3.63, 3.8) is 0 Å². The van der Waals surface area contributed by atoms with Crippen LogP contribution < -0.4 is 0 Å². The Morgan fingerprint density at radius 2 is 1.61 bits per heavy atom. The van der Waals surface area contributed by atoms with Gasteiger partial charge in [-0.3, -0.25) is 14.4 Å². The smallest absolute Gasteiger partial charge is 0.303 e. The minimum atomic E-state index is -1.55. The summed E-state index contributed by atoms with van der Waals surface area (Å²) in [5.74, 6) is -0.490. The maximum atomic E-state index is 12.6. The van der Waals surface area contributed by atoms with E-state index in [4.69, 9.17) is 18.9 Å². The van der Waals surface area contributed by atoms with Crippen LogP contribution >= 0.6 is 0 Å². The van der Waals surface area contributed by atoms with Gasteiger partial charge >= 0.3 is 11.9 Å². The molecule has 51 heavy (non-hydrogen) atoms. The topological polar surface area (TPSA) is 169 Å². The number of aliphatic hydroxyl groups is 4. The van der Waals surface area contributed by atoms with E-state index in [1.54, 1.807) is 0 Å². The molecule has 0 aromatic heterocycles. The number of carbonyl (C=O) groups excluding carboxylic acids is 3. The fraction of sp³-hybridized carbons (Fsp3) is 0.775. The first-order chi connectivity index (χ1) is 23.6. The molecule has 10 atom stereocenters. The number of hydrogen-bond acceptors (Lipinski definition) is 11. The second-order valence-electron chi connectivity index (χ2n) is 16.5. The SMILES string of the molecule is CC(=O)O[C@H](/C=C(\C)CC[C@@H]1C(C)=CCC(=O)C1(C)C)C/C=C(\C)CC[C@@H]1C(C)(C)[C@H](O[C@H]2O[C@@H](CO)[C@H](O)[C@@H](O)[C@@H]2O)CC[C@@]1(C)OC(C)=O. The quantitative estimate of drug-likeness (QED) is 0.136. The zero-order valence-corrected chi connectivity index (χ0v) is 32.4. The van der Waals surface area contributed by atoms with Crippen LogP contribution in [0.4, 0.5) is 0 Å². The van der Waals surface area contributed by atoms with E-state index in [0.717, 1.165) is 24.0 Å². The number of ether oxygens (including phenoxy) is 4. The molecule has 1 heterocycles. The maximum Gasteiger partial charge on any atom is 0.303 e. The summed E-state index contributed by atoms with van der Waals surface area (Å²) in [6.45, 7) is 18.5. The predicted molar refractivity (Wildman–Crippen MR) is 192 cm³/mol. The van der Waals surface area contributed by atoms with Crippen LogP contribution in [0, 0.1) is 22.7 Å². The molecule has 1 saturated carbocycles. The molecule has 0 amide bonds. The fourth-order valence-electron chi connectivity index (χ4n) is 8.63. The molecule has 11 nitrogen and oxygen atoms in total. The number of esters is 2. The average Bonchev–Trinajstić information content (AvgIpc) is 3.02. The van der Waals surface area contributed by atoms with E-state index in [-0.39, 0.29) is 29.6 Å². The van der Waals surface area contributed by atoms with Gasteiger partial charge in [-0.25, -0.2) is 0 Å². The first-order valence-electron chi connectivity index (χ1n) is 18.5. The van der Waals surface area contributed by atoms with Crippen molar-refractivity contribution >= 4 is 17.7 Å². The van der Waals surface area contributed by atoms with Gasteiger partial charge in [0, 0.05) is 38.0 Å². The van der Waals surface area contributed by atoms with Crippen LogP contribution in [-0.2, 0) is 33.3 Å². The van der Waals surface area contributed by atoms with Gasteiger partial charge in [0.05, 0.1) is 12.7 Å². The van der Waals surface area contributed by atoms with Crippen molar-refractivity contribution in [2.24, 2.45) is 22.7 Å². The molecule has 1 aliphatic heterocycles. The lowest BCUT2D eigenvalue weighted by Gasteiger charge is -2.54. The number of Topliss-reactive ketones (excluding diaryl/α,β-unsaturated/α-hetero) is 1. The van der Waals surface area contributed by atoms with Crippen molar-refractivity contribution in [2.75, 3.05) is 6.61 Å². The molecule has 0 bridgehead atoms. The molecule has 290 valence electrons. The summed E-state index contributed by atoms with van der Waals surface area (Å²) in [7, 11) is 0. The second kappa shape index (κ2) is 17.6. The zero-order chi connectivity index (χ0) is 38.5. The van der Waals surface area contributed by atoms with E-state index in [1.807, 2.05) is 60.6 Å². The molecule has 0 spiro atoms. The van der Waals surface area contributed by atoms with E-state index < -0.39 is 66.0 Å². The minimum Gasteiger partial charge on any atom is -0.459 e. The molecule has 11 heteroatoms. The molecule has 1 saturated heterocycles. The Morgan fingerprint density at radius 3 is 2.22 bits per heavy atom. The standard InChI is InChI=1S/C40H64O11/c1-23(11-15-28(48-26(4)42)21-24(2)12-16-29-25(3)14-18-32(44)38(29,6)7)13-17-31-39(8,9)33(19-20-40(31,10)51-27(5)43)50-37-36(47)35(46)34(45)30(22-41)49-37/h11,14,21,28-31,33-37,41,45-47H,12-13,15-20,22H2,1-10H3/b23-11+,24-21+/t28-,29+,30-,31+,33+,34-,35+,36-,37+,40+/m0/s1. The molecule has 0 unspecified atom stereocenters. The lowest BCUT2D eigenvalue weighted by Crippen LogP contribution is -2.62. The molecule has 3 aliphatic rings. The van der Waals surface area contributed by atoms with E-state index in [2.05, 4.69) is 13.0 Å². The van der Waals surface area contributed by atoms with E-state index in [9.17, 15) is 34.8 Å². The summed E-state index contributed by atoms with van der Waals surface area (Å²) in [4.78, 5) is 36.9. The lowest BCUT2D eigenvalue weighted by atomic mass is 9.58. The first kappa shape index (κ1) is 43.0. The van der Waals surface area contributed by atoms with Crippen molar-refractivity contribution < 1.29 is 53.8 Å². The number of rotatable bonds is 14. The van der Waals surface area contributed by atoms with Crippen molar-refractivity contribution in [2.45, 2.75) is 169 Å². The Bertz CT molecular complexity index is 1330. The van der Waals surface area contributed by atoms with Crippen LogP contribution in [0.2, 0.25) is 0 Å². The minimum absolute atomic E-state index is 0.167. The van der Waals surface area contributed by atoms with Crippen LogP contribution in [-0.4, -0.2) is 93.3 Å². The van der Waals surface area contributed by atoms with Gasteiger partial charge in [0.1, 0.15) is 41.9 Å². The van der Waals surface area contributed by atoms with E-state index >= 15 is 0 Å². The molecule has 0 radical (unpaired) electrons. The van der Waals surface area contributed by atoms with Crippen LogP contribution in [0.1, 0.15) is 121 Å². The summed E-state index contributed by atoms with van der Waals surface area (Å²) in [5.41, 5.74) is 1.64. The van der Waals surface area contributed by atoms with Crippen molar-refractivity contribution in [1.29, 1.82) is 0 Å². The van der Waals surface area contributed by atoms with Crippen molar-refractivity contribution in [1.82, 2.24) is 0 Å². The maximum absolute atomic E-state index is 12.6. The fourth-order valence-corrected chi connectivity index (χ4v) is 8.63. The normalized spacial score (nSPS) is 34.8. The van der Waals surface area contributed by atoms with Gasteiger partial charge in [0.25, 0.3) is 0 Å². The monoisotopic (exact) mass is 720 g/mol. The molecular formula is C40H64O11. The van der Waals surface area contributed by atoms with Gasteiger partial charge < -0.3 is 39.4 Å². The molecule has 0 aromatic rings. The third-order valence-corrected chi connectivity index (χ3v) is 11.8. The first-order valence-corrected chi connectivity index (χ1v) is 18.5. The van der Waals surface area contributed by atoms with Crippen LogP contribution in [0.25, 0.3) is 0 Å². The summed E-state index contributed by atoms with van der Waals surface area (Å²) in [6, 6.07) is 0. The number of carbonyl (C=O) groups is 3. The largest absolute Gasteiger partial charge is 0.459 e. The average molecular weight is 721 g/mol. The summed E-state index contributed by atoms with van der Waals surface area (Å²) >= 11 is 0. The second-order valence-corrected chi connectivity index (χ2v) is 16.5. The molecule has 0 aromatic carbocycles. The molecule has 2 aliphatic carbocycles. The van der Waals surface area contributed by atoms with Crippen LogP contribution in [0.5, 0.6) is 0 Å². The summed E-state index contributed by atoms with van der Waals surface area (Å²) in [6.07, 6.45) is 3.21. The van der Waals surface area contributed by atoms with Gasteiger partial charge in [-0.05, 0) is 83.6 Å². The third-order valence-electron chi connectivity index (χ3n) is 11.8. The molecule has 4 N–H and O–H groups in total. The third kappa shape index (κ3) is 10.6.